The number of hydrogen-bond acceptors (Lipinski definition) is 7. The highest BCUT2D eigenvalue weighted by Gasteiger charge is 2.64. The maximum absolute atomic E-state index is 13.3. The van der Waals surface area contributed by atoms with Gasteiger partial charge in [-0.05, 0) is 78.8 Å². The zero-order chi connectivity index (χ0) is 24.2. The molecule has 178 valence electrons. The predicted molar refractivity (Wildman–Crippen MR) is 127 cm³/mol. The van der Waals surface area contributed by atoms with Gasteiger partial charge in [0.25, 0.3) is 0 Å². The molecule has 5 rings (SSSR count). The second kappa shape index (κ2) is 8.42. The van der Waals surface area contributed by atoms with Gasteiger partial charge in [0.15, 0.2) is 5.92 Å². The minimum atomic E-state index is -1.24. The molecule has 1 aliphatic carbocycles. The van der Waals surface area contributed by atoms with Crippen LogP contribution in [-0.4, -0.2) is 56.0 Å². The van der Waals surface area contributed by atoms with Crippen LogP contribution in [0.1, 0.15) is 42.9 Å². The number of ether oxygens (including phenoxy) is 1. The van der Waals surface area contributed by atoms with Gasteiger partial charge in [-0.25, -0.2) is 4.79 Å². The molecule has 0 spiro atoms. The minimum Gasteiger partial charge on any atom is -0.480 e. The Bertz CT molecular complexity index is 1180. The SMILES string of the molecule is CC1(C)S[C@@H]2C(NC(=O)C(C(=O)Oc3ccc4c(c3)CCC4)c3ccsc3)C(=O)N2[C@H]1C(=O)O. The van der Waals surface area contributed by atoms with Crippen LogP contribution in [0.3, 0.4) is 0 Å². The van der Waals surface area contributed by atoms with E-state index in [2.05, 4.69) is 5.32 Å². The average molecular weight is 501 g/mol. The van der Waals surface area contributed by atoms with E-state index in [1.165, 1.54) is 33.6 Å². The van der Waals surface area contributed by atoms with E-state index in [-0.39, 0.29) is 0 Å². The lowest BCUT2D eigenvalue weighted by molar-refractivity contribution is -0.161. The van der Waals surface area contributed by atoms with Crippen LogP contribution in [0.5, 0.6) is 5.75 Å². The Balaban J connectivity index is 1.33. The van der Waals surface area contributed by atoms with Crippen molar-refractivity contribution in [2.45, 2.75) is 61.2 Å². The smallest absolute Gasteiger partial charge is 0.328 e. The first-order valence-corrected chi connectivity index (χ1v) is 12.9. The number of carbonyl (C=O) groups is 4. The monoisotopic (exact) mass is 500 g/mol. The summed E-state index contributed by atoms with van der Waals surface area (Å²) < 4.78 is 4.90. The number of nitrogens with one attached hydrogen (secondary N) is 1. The molecule has 2 N–H and O–H groups in total. The zero-order valence-electron chi connectivity index (χ0n) is 18.6. The van der Waals surface area contributed by atoms with Crippen LogP contribution in [0.25, 0.3) is 0 Å². The molecular formula is C24H24N2O6S2. The first-order chi connectivity index (χ1) is 16.2. The second-order valence-corrected chi connectivity index (χ2v) is 11.8. The molecule has 2 aliphatic heterocycles. The Morgan fingerprint density at radius 1 is 1.21 bits per heavy atom. The number of aliphatic carboxylic acids is 1. The van der Waals surface area contributed by atoms with Gasteiger partial charge in [0.05, 0.1) is 0 Å². The van der Waals surface area contributed by atoms with Gasteiger partial charge in [-0.2, -0.15) is 11.3 Å². The summed E-state index contributed by atoms with van der Waals surface area (Å²) in [6.45, 7) is 3.53. The standard InChI is InChI=1S/C24H24N2O6S2/c1-24(2)18(22(29)30)26-20(28)17(21(26)34-24)25-19(27)16(14-8-9-33-11-14)23(31)32-15-7-6-12-4-3-5-13(12)10-15/h6-11,16-18,21H,3-5H2,1-2H3,(H,25,27)(H,29,30)/t16?,17?,18-,21+/m0/s1. The molecular weight excluding hydrogens is 476 g/mol. The average Bonchev–Trinajstić information content (AvgIpc) is 3.50. The first-order valence-electron chi connectivity index (χ1n) is 11.1. The molecule has 1 aromatic carbocycles. The van der Waals surface area contributed by atoms with Crippen molar-refractivity contribution in [3.8, 4) is 5.75 Å². The summed E-state index contributed by atoms with van der Waals surface area (Å²) in [5.74, 6) is -3.75. The highest BCUT2D eigenvalue weighted by Crippen LogP contribution is 2.50. The topological polar surface area (TPSA) is 113 Å². The minimum absolute atomic E-state index is 0.391. The molecule has 0 radical (unpaired) electrons. The lowest BCUT2D eigenvalue weighted by atomic mass is 9.95. The molecule has 2 amide bonds. The number of carboxylic acid groups (broad SMARTS) is 1. The summed E-state index contributed by atoms with van der Waals surface area (Å²) >= 11 is 2.69. The second-order valence-electron chi connectivity index (χ2n) is 9.28. The lowest BCUT2D eigenvalue weighted by Gasteiger charge is -2.43. The van der Waals surface area contributed by atoms with Gasteiger partial charge in [-0.15, -0.1) is 11.8 Å². The quantitative estimate of drug-likeness (QED) is 0.271. The highest BCUT2D eigenvalue weighted by atomic mass is 32.2. The van der Waals surface area contributed by atoms with E-state index in [0.29, 0.717) is 11.3 Å². The molecule has 3 aliphatic rings. The predicted octanol–water partition coefficient (Wildman–Crippen LogP) is 2.56. The van der Waals surface area contributed by atoms with Crippen molar-refractivity contribution in [3.05, 3.63) is 51.7 Å². The normalized spacial score (nSPS) is 25.2. The fourth-order valence-corrected chi connectivity index (χ4v) is 7.31. The molecule has 3 heterocycles. The van der Waals surface area contributed by atoms with Gasteiger partial charge in [0, 0.05) is 4.75 Å². The van der Waals surface area contributed by atoms with Crippen LogP contribution in [-0.2, 0) is 32.0 Å². The third kappa shape index (κ3) is 3.78. The fourth-order valence-electron chi connectivity index (χ4n) is 5.00. The number of carbonyl (C=O) groups excluding carboxylic acids is 3. The molecule has 8 nitrogen and oxygen atoms in total. The van der Waals surface area contributed by atoms with Crippen molar-refractivity contribution in [3.63, 3.8) is 0 Å². The van der Waals surface area contributed by atoms with Gasteiger partial charge in [-0.3, -0.25) is 14.4 Å². The van der Waals surface area contributed by atoms with Crippen molar-refractivity contribution in [1.29, 1.82) is 0 Å². The summed E-state index contributed by atoms with van der Waals surface area (Å²) in [7, 11) is 0. The van der Waals surface area contributed by atoms with E-state index >= 15 is 0 Å². The van der Waals surface area contributed by atoms with E-state index in [1.54, 1.807) is 36.7 Å². The number of aryl methyl sites for hydroxylation is 2. The number of hydrogen-bond donors (Lipinski definition) is 2. The lowest BCUT2D eigenvalue weighted by Crippen LogP contribution is -2.71. The molecule has 2 fully saturated rings. The summed E-state index contributed by atoms with van der Waals surface area (Å²) in [6.07, 6.45) is 3.01. The summed E-state index contributed by atoms with van der Waals surface area (Å²) in [5.41, 5.74) is 2.88. The van der Waals surface area contributed by atoms with Gasteiger partial charge in [0.2, 0.25) is 11.8 Å². The van der Waals surface area contributed by atoms with Gasteiger partial charge >= 0.3 is 11.9 Å². The van der Waals surface area contributed by atoms with Crippen LogP contribution in [0.4, 0.5) is 0 Å². The Hall–Kier alpha value is -2.85. The number of thioether (sulfide) groups is 1. The van der Waals surface area contributed by atoms with Gasteiger partial charge in [0.1, 0.15) is 23.2 Å². The number of nitrogens with zero attached hydrogens (tertiary/aromatic N) is 1. The molecule has 2 saturated heterocycles. The van der Waals surface area contributed by atoms with Crippen molar-refractivity contribution >= 4 is 46.9 Å². The number of benzene rings is 1. The molecule has 2 aromatic rings. The molecule has 0 saturated carbocycles. The van der Waals surface area contributed by atoms with Crippen LogP contribution >= 0.6 is 23.1 Å². The van der Waals surface area contributed by atoms with E-state index in [9.17, 15) is 24.3 Å². The third-order valence-corrected chi connectivity index (χ3v) is 8.91. The number of thiophene rings is 1. The number of esters is 1. The molecule has 2 unspecified atom stereocenters. The fraction of sp³-hybridized carbons (Fsp3) is 0.417. The number of amides is 2. The number of β-lactam (4-membered cyclic amide) rings is 1. The number of carboxylic acids is 1. The number of fused-ring (bicyclic) bond motifs is 2. The molecule has 10 heteroatoms. The van der Waals surface area contributed by atoms with E-state index in [4.69, 9.17) is 4.74 Å². The van der Waals surface area contributed by atoms with E-state index in [1.807, 2.05) is 12.1 Å². The van der Waals surface area contributed by atoms with Crippen LogP contribution < -0.4 is 10.1 Å². The van der Waals surface area contributed by atoms with Crippen LogP contribution in [0, 0.1) is 0 Å². The van der Waals surface area contributed by atoms with E-state index in [0.717, 1.165) is 24.8 Å². The molecule has 34 heavy (non-hydrogen) atoms. The van der Waals surface area contributed by atoms with E-state index < -0.39 is 51.9 Å². The summed E-state index contributed by atoms with van der Waals surface area (Å²) in [4.78, 5) is 52.2. The summed E-state index contributed by atoms with van der Waals surface area (Å²) in [6, 6.07) is 5.35. The molecule has 0 bridgehead atoms. The van der Waals surface area contributed by atoms with Crippen molar-refractivity contribution < 1.29 is 29.0 Å². The molecule has 4 atom stereocenters. The van der Waals surface area contributed by atoms with Crippen LogP contribution in [0.2, 0.25) is 0 Å². The maximum Gasteiger partial charge on any atom is 0.328 e. The highest BCUT2D eigenvalue weighted by molar-refractivity contribution is 8.01. The van der Waals surface area contributed by atoms with Gasteiger partial charge in [-0.1, -0.05) is 6.07 Å². The maximum atomic E-state index is 13.3. The zero-order valence-corrected chi connectivity index (χ0v) is 20.3. The Labute approximate surface area is 204 Å². The number of rotatable bonds is 6. The van der Waals surface area contributed by atoms with Crippen molar-refractivity contribution in [2.75, 3.05) is 0 Å². The van der Waals surface area contributed by atoms with Gasteiger partial charge < -0.3 is 20.1 Å². The Morgan fingerprint density at radius 3 is 2.68 bits per heavy atom. The largest absolute Gasteiger partial charge is 0.480 e. The first kappa shape index (κ1) is 22.9. The van der Waals surface area contributed by atoms with Crippen LogP contribution in [0.15, 0.2) is 35.0 Å². The Kier molecular flexibility index (Phi) is 5.68. The van der Waals surface area contributed by atoms with Crippen molar-refractivity contribution in [1.82, 2.24) is 10.2 Å². The Morgan fingerprint density at radius 2 is 1.97 bits per heavy atom. The third-order valence-electron chi connectivity index (χ3n) is 6.64. The van der Waals surface area contributed by atoms with Crippen molar-refractivity contribution in [2.24, 2.45) is 0 Å². The molecule has 1 aromatic heterocycles. The summed E-state index contributed by atoms with van der Waals surface area (Å²) in [5, 5.41) is 15.3.